The van der Waals surface area contributed by atoms with Crippen molar-refractivity contribution < 1.29 is 38.4 Å². The van der Waals surface area contributed by atoms with Gasteiger partial charge >= 0.3 is 11.9 Å². The fourth-order valence-corrected chi connectivity index (χ4v) is 4.93. The van der Waals surface area contributed by atoms with Crippen molar-refractivity contribution in [3.05, 3.63) is 106 Å². The minimum absolute atomic E-state index is 0.0116. The highest BCUT2D eigenvalue weighted by Crippen LogP contribution is 2.40. The quantitative estimate of drug-likeness (QED) is 0.0611. The summed E-state index contributed by atoms with van der Waals surface area (Å²) in [7, 11) is 0. The smallest absolute Gasteiger partial charge is 0.306 e. The molecule has 8 heteroatoms. The zero-order chi connectivity index (χ0) is 37.0. The molecule has 1 N–H and O–H groups in total. The number of allylic oxidation sites excluding steroid dienone is 17. The number of carbonyl (C=O) groups excluding carboxylic acids is 2. The van der Waals surface area contributed by atoms with Gasteiger partial charge in [0.2, 0.25) is 0 Å². The molecule has 0 atom stereocenters. The van der Waals surface area contributed by atoms with E-state index in [0.717, 1.165) is 16.7 Å². The van der Waals surface area contributed by atoms with Crippen molar-refractivity contribution in [1.82, 2.24) is 0 Å². The highest BCUT2D eigenvalue weighted by molar-refractivity contribution is 5.77. The van der Waals surface area contributed by atoms with Gasteiger partial charge in [-0.05, 0) is 70.4 Å². The van der Waals surface area contributed by atoms with Gasteiger partial charge in [-0.3, -0.25) is 9.59 Å². The monoisotopic (exact) mass is 694 g/mol. The second-order valence-electron chi connectivity index (χ2n) is 13.1. The number of hydrogen-bond donors (Lipinski definition) is 1. The van der Waals surface area contributed by atoms with Gasteiger partial charge in [-0.15, -0.1) is 0 Å². The Balaban J connectivity index is 2.29. The third-order valence-corrected chi connectivity index (χ3v) is 7.81. The van der Waals surface area contributed by atoms with Gasteiger partial charge in [-0.2, -0.15) is 0 Å². The minimum atomic E-state index is -0.477. The van der Waals surface area contributed by atoms with Crippen LogP contribution in [0.5, 0.6) is 0 Å². The first-order valence-electron chi connectivity index (χ1n) is 17.7. The Morgan fingerprint density at radius 2 is 1.18 bits per heavy atom. The Bertz CT molecular complexity index is 1300. The summed E-state index contributed by atoms with van der Waals surface area (Å²) >= 11 is 0. The third kappa shape index (κ3) is 23.0. The Labute approximate surface area is 301 Å². The van der Waals surface area contributed by atoms with E-state index in [9.17, 15) is 9.59 Å². The van der Waals surface area contributed by atoms with Crippen molar-refractivity contribution in [2.45, 2.75) is 80.6 Å². The summed E-state index contributed by atoms with van der Waals surface area (Å²) in [6.07, 6.45) is 28.5. The highest BCUT2D eigenvalue weighted by Gasteiger charge is 2.26. The average molecular weight is 695 g/mol. The van der Waals surface area contributed by atoms with E-state index >= 15 is 0 Å². The molecule has 0 heterocycles. The first kappa shape index (κ1) is 44.5. The van der Waals surface area contributed by atoms with Gasteiger partial charge in [0, 0.05) is 0 Å². The number of aliphatic hydroxyl groups excluding tert-OH is 1. The molecular formula is C42H62O8. The first-order chi connectivity index (χ1) is 23.9. The second kappa shape index (κ2) is 27.2. The van der Waals surface area contributed by atoms with E-state index in [-0.39, 0.29) is 44.7 Å². The fourth-order valence-electron chi connectivity index (χ4n) is 4.93. The molecule has 0 bridgehead atoms. The largest absolute Gasteiger partial charge is 0.463 e. The molecule has 0 unspecified atom stereocenters. The van der Waals surface area contributed by atoms with Crippen LogP contribution < -0.4 is 0 Å². The number of rotatable bonds is 24. The maximum absolute atomic E-state index is 12.0. The number of ether oxygens (including phenoxy) is 5. The standard InChI is InChI=1S/C42H62O8/c1-34(15-10-17-36(3)20-21-39-38(5)19-12-24-42(39,6)7)13-8-9-14-35(2)16-11-18-37(4)33-50-41(45)23-22-40(44)49-32-31-48-30-29-47-28-27-46-26-25-43/h8-11,13-18,20-21,43H,12,19,22-33H2,1-7H3/b9-8+,15-10+,16-11+,21-20+,34-13+,35-14+,36-17+,37-18+. The molecule has 0 radical (unpaired) electrons. The molecule has 0 aliphatic heterocycles. The van der Waals surface area contributed by atoms with Crippen molar-refractivity contribution in [3.8, 4) is 0 Å². The van der Waals surface area contributed by atoms with Crippen molar-refractivity contribution in [2.24, 2.45) is 5.41 Å². The van der Waals surface area contributed by atoms with E-state index < -0.39 is 11.9 Å². The average Bonchev–Trinajstić information content (AvgIpc) is 3.06. The number of aliphatic hydroxyl groups is 1. The van der Waals surface area contributed by atoms with Crippen molar-refractivity contribution in [1.29, 1.82) is 0 Å². The molecule has 0 amide bonds. The van der Waals surface area contributed by atoms with E-state index in [1.54, 1.807) is 0 Å². The summed E-state index contributed by atoms with van der Waals surface area (Å²) < 4.78 is 26.0. The summed E-state index contributed by atoms with van der Waals surface area (Å²) in [5.74, 6) is -0.932. The lowest BCUT2D eigenvalue weighted by molar-refractivity contribution is -0.150. The molecule has 0 saturated heterocycles. The maximum atomic E-state index is 12.0. The lowest BCUT2D eigenvalue weighted by Crippen LogP contribution is -2.19. The van der Waals surface area contributed by atoms with E-state index in [0.29, 0.717) is 33.0 Å². The predicted octanol–water partition coefficient (Wildman–Crippen LogP) is 8.43. The van der Waals surface area contributed by atoms with Crippen LogP contribution in [0, 0.1) is 5.41 Å². The van der Waals surface area contributed by atoms with Crippen molar-refractivity contribution in [2.75, 3.05) is 59.5 Å². The van der Waals surface area contributed by atoms with E-state index in [2.05, 4.69) is 71.1 Å². The van der Waals surface area contributed by atoms with E-state index in [1.807, 2.05) is 50.3 Å². The Kier molecular flexibility index (Phi) is 24.2. The molecule has 8 nitrogen and oxygen atoms in total. The van der Waals surface area contributed by atoms with Crippen LogP contribution in [0.2, 0.25) is 0 Å². The number of hydrogen-bond acceptors (Lipinski definition) is 8. The van der Waals surface area contributed by atoms with Crippen LogP contribution in [-0.2, 0) is 33.3 Å². The molecule has 0 aromatic heterocycles. The zero-order valence-electron chi connectivity index (χ0n) is 31.6. The molecular weight excluding hydrogens is 632 g/mol. The third-order valence-electron chi connectivity index (χ3n) is 7.81. The number of esters is 2. The molecule has 0 spiro atoms. The lowest BCUT2D eigenvalue weighted by Gasteiger charge is -2.32. The van der Waals surface area contributed by atoms with Gasteiger partial charge in [0.05, 0.1) is 59.1 Å². The molecule has 1 aliphatic rings. The fraction of sp³-hybridized carbons (Fsp3) is 0.524. The van der Waals surface area contributed by atoms with Crippen LogP contribution >= 0.6 is 0 Å². The molecule has 0 saturated carbocycles. The van der Waals surface area contributed by atoms with Gasteiger partial charge in [0.25, 0.3) is 0 Å². The maximum Gasteiger partial charge on any atom is 0.306 e. The molecule has 1 aliphatic carbocycles. The van der Waals surface area contributed by atoms with Gasteiger partial charge in [0.1, 0.15) is 13.2 Å². The van der Waals surface area contributed by atoms with Gasteiger partial charge < -0.3 is 28.8 Å². The van der Waals surface area contributed by atoms with E-state index in [1.165, 1.54) is 36.0 Å². The van der Waals surface area contributed by atoms with Crippen molar-refractivity contribution in [3.63, 3.8) is 0 Å². The van der Waals surface area contributed by atoms with Gasteiger partial charge in [-0.25, -0.2) is 0 Å². The predicted molar refractivity (Wildman–Crippen MR) is 203 cm³/mol. The normalized spacial score (nSPS) is 16.5. The highest BCUT2D eigenvalue weighted by atomic mass is 16.6. The van der Waals surface area contributed by atoms with Crippen LogP contribution in [0.15, 0.2) is 106 Å². The van der Waals surface area contributed by atoms with Crippen LogP contribution in [0.3, 0.4) is 0 Å². The SMILES string of the molecule is CC1=C(/C=C/C(C)=C/C=C/C(C)=C/C=C/C=C(C)/C=C/C=C(\C)COC(=O)CCC(=O)OCCOCCOCCOCCO)C(C)(C)CCC1. The molecule has 278 valence electrons. The summed E-state index contributed by atoms with van der Waals surface area (Å²) in [5, 5.41) is 8.60. The van der Waals surface area contributed by atoms with Gasteiger partial charge in [0.15, 0.2) is 0 Å². The summed E-state index contributed by atoms with van der Waals surface area (Å²) in [6.45, 7) is 17.5. The molecule has 1 rings (SSSR count). The molecule has 0 fully saturated rings. The summed E-state index contributed by atoms with van der Waals surface area (Å²) in [6, 6.07) is 0. The first-order valence-corrected chi connectivity index (χ1v) is 17.7. The Hall–Kier alpha value is -3.56. The lowest BCUT2D eigenvalue weighted by atomic mass is 9.72. The van der Waals surface area contributed by atoms with Crippen LogP contribution in [0.4, 0.5) is 0 Å². The van der Waals surface area contributed by atoms with Crippen LogP contribution in [-0.4, -0.2) is 76.5 Å². The summed E-state index contributed by atoms with van der Waals surface area (Å²) in [5.41, 5.74) is 7.61. The molecule has 0 aromatic rings. The number of carbonyl (C=O) groups is 2. The topological polar surface area (TPSA) is 101 Å². The minimum Gasteiger partial charge on any atom is -0.463 e. The van der Waals surface area contributed by atoms with Crippen LogP contribution in [0.25, 0.3) is 0 Å². The van der Waals surface area contributed by atoms with E-state index in [4.69, 9.17) is 28.8 Å². The molecule has 50 heavy (non-hydrogen) atoms. The zero-order valence-corrected chi connectivity index (χ0v) is 31.6. The molecule has 0 aromatic carbocycles. The summed E-state index contributed by atoms with van der Waals surface area (Å²) in [4.78, 5) is 23.9. The van der Waals surface area contributed by atoms with Crippen LogP contribution in [0.1, 0.15) is 80.6 Å². The Morgan fingerprint density at radius 3 is 1.76 bits per heavy atom. The second-order valence-corrected chi connectivity index (χ2v) is 13.1. The van der Waals surface area contributed by atoms with Gasteiger partial charge in [-0.1, -0.05) is 109 Å². The van der Waals surface area contributed by atoms with Crippen molar-refractivity contribution >= 4 is 11.9 Å². The Morgan fingerprint density at radius 1 is 0.680 bits per heavy atom.